The lowest BCUT2D eigenvalue weighted by atomic mass is 9.94. The lowest BCUT2D eigenvalue weighted by Gasteiger charge is -2.32. The Kier molecular flexibility index (Phi) is 7.36. The van der Waals surface area contributed by atoms with Gasteiger partial charge in [-0.05, 0) is 37.3 Å². The number of ether oxygens (including phenoxy) is 1. The molecule has 0 spiro atoms. The Labute approximate surface area is 187 Å². The molecule has 4 rings (SSSR count). The normalized spacial score (nSPS) is 22.5. The standard InChI is InChI=1S/C20H30N6O5S/c27-8-5-15-3-6-25(7-4-15)20-2-1-18(10-21-20)32(29,30)22-9-16-13-31-14-19(16)26-11-17(12-28)23-24-26/h1-2,10-11,15-16,19,22,27-28H,3-9,12-14H2/t16-,19-/m1/s1. The fraction of sp³-hybridized carbons (Fsp3) is 0.650. The van der Waals surface area contributed by atoms with Gasteiger partial charge in [-0.25, -0.2) is 22.8 Å². The molecule has 12 heteroatoms. The summed E-state index contributed by atoms with van der Waals surface area (Å²) < 4.78 is 35.4. The minimum atomic E-state index is -3.72. The SMILES string of the molecule is O=S(=O)(NC[C@@H]1COC[C@H]1n1cc(CO)nn1)c1ccc(N2CCC(CCO)CC2)nc1. The van der Waals surface area contributed by atoms with Crippen LogP contribution in [0.3, 0.4) is 0 Å². The summed E-state index contributed by atoms with van der Waals surface area (Å²) in [5, 5.41) is 26.2. The third kappa shape index (κ3) is 5.26. The molecule has 2 atom stereocenters. The summed E-state index contributed by atoms with van der Waals surface area (Å²) in [6.45, 7) is 2.74. The second-order valence-corrected chi connectivity index (χ2v) is 10.1. The van der Waals surface area contributed by atoms with Gasteiger partial charge < -0.3 is 19.8 Å². The Bertz CT molecular complexity index is 975. The minimum absolute atomic E-state index is 0.106. The number of hydrogen-bond donors (Lipinski definition) is 3. The van der Waals surface area contributed by atoms with Crippen LogP contribution in [0.25, 0.3) is 0 Å². The van der Waals surface area contributed by atoms with Gasteiger partial charge in [-0.2, -0.15) is 0 Å². The highest BCUT2D eigenvalue weighted by Crippen LogP contribution is 2.26. The summed E-state index contributed by atoms with van der Waals surface area (Å²) in [6, 6.07) is 3.17. The second-order valence-electron chi connectivity index (χ2n) is 8.36. The third-order valence-electron chi connectivity index (χ3n) is 6.27. The molecule has 3 N–H and O–H groups in total. The van der Waals surface area contributed by atoms with E-state index in [-0.39, 0.29) is 36.6 Å². The summed E-state index contributed by atoms with van der Waals surface area (Å²) in [5.41, 5.74) is 0.458. The van der Waals surface area contributed by atoms with Crippen LogP contribution in [0.5, 0.6) is 0 Å². The number of nitrogens with one attached hydrogen (secondary N) is 1. The molecule has 2 aliphatic heterocycles. The molecule has 2 aliphatic rings. The molecule has 0 aliphatic carbocycles. The van der Waals surface area contributed by atoms with Crippen molar-refractivity contribution in [2.75, 3.05) is 44.4 Å². The Hall–Kier alpha value is -2.12. The van der Waals surface area contributed by atoms with E-state index in [0.29, 0.717) is 24.8 Å². The van der Waals surface area contributed by atoms with Crippen LogP contribution in [0.4, 0.5) is 5.82 Å². The van der Waals surface area contributed by atoms with Gasteiger partial charge in [-0.3, -0.25) is 0 Å². The molecular weight excluding hydrogens is 436 g/mol. The van der Waals surface area contributed by atoms with Gasteiger partial charge in [0.1, 0.15) is 16.4 Å². The van der Waals surface area contributed by atoms with E-state index in [0.717, 1.165) is 38.2 Å². The summed E-state index contributed by atoms with van der Waals surface area (Å²) in [6.07, 6.45) is 5.87. The molecule has 0 unspecified atom stereocenters. The van der Waals surface area contributed by atoms with Crippen molar-refractivity contribution in [2.45, 2.75) is 36.8 Å². The van der Waals surface area contributed by atoms with E-state index in [9.17, 15) is 13.5 Å². The Balaban J connectivity index is 1.34. The van der Waals surface area contributed by atoms with E-state index in [1.165, 1.54) is 6.20 Å². The molecule has 0 radical (unpaired) electrons. The predicted molar refractivity (Wildman–Crippen MR) is 115 cm³/mol. The zero-order chi connectivity index (χ0) is 22.6. The van der Waals surface area contributed by atoms with Crippen LogP contribution in [-0.4, -0.2) is 78.1 Å². The fourth-order valence-corrected chi connectivity index (χ4v) is 5.31. The van der Waals surface area contributed by atoms with E-state index >= 15 is 0 Å². The highest BCUT2D eigenvalue weighted by molar-refractivity contribution is 7.89. The first-order chi connectivity index (χ1) is 15.5. The van der Waals surface area contributed by atoms with Gasteiger partial charge in [-0.15, -0.1) is 5.10 Å². The van der Waals surface area contributed by atoms with Crippen molar-refractivity contribution in [3.63, 3.8) is 0 Å². The van der Waals surface area contributed by atoms with Gasteiger partial charge in [0.15, 0.2) is 0 Å². The molecule has 2 fully saturated rings. The number of aliphatic hydroxyl groups is 2. The van der Waals surface area contributed by atoms with E-state index in [2.05, 4.69) is 24.9 Å². The average molecular weight is 467 g/mol. The molecule has 2 saturated heterocycles. The number of piperidine rings is 1. The van der Waals surface area contributed by atoms with Gasteiger partial charge in [0, 0.05) is 38.4 Å². The maximum absolute atomic E-state index is 12.8. The number of pyridine rings is 1. The van der Waals surface area contributed by atoms with E-state index in [1.54, 1.807) is 23.0 Å². The van der Waals surface area contributed by atoms with Crippen LogP contribution in [0.2, 0.25) is 0 Å². The average Bonchev–Trinajstić information content (AvgIpc) is 3.48. The zero-order valence-corrected chi connectivity index (χ0v) is 18.7. The third-order valence-corrected chi connectivity index (χ3v) is 7.68. The smallest absolute Gasteiger partial charge is 0.242 e. The zero-order valence-electron chi connectivity index (χ0n) is 17.9. The Morgan fingerprint density at radius 2 is 2.00 bits per heavy atom. The first-order valence-electron chi connectivity index (χ1n) is 10.9. The van der Waals surface area contributed by atoms with Crippen molar-refractivity contribution in [2.24, 2.45) is 11.8 Å². The molecule has 2 aromatic rings. The number of sulfonamides is 1. The number of rotatable bonds is 9. The maximum atomic E-state index is 12.8. The van der Waals surface area contributed by atoms with E-state index in [4.69, 9.17) is 9.84 Å². The summed E-state index contributed by atoms with van der Waals surface area (Å²) >= 11 is 0. The van der Waals surface area contributed by atoms with Crippen LogP contribution in [0.15, 0.2) is 29.4 Å². The number of aromatic nitrogens is 4. The fourth-order valence-electron chi connectivity index (χ4n) is 4.27. The molecule has 0 bridgehead atoms. The molecule has 2 aromatic heterocycles. The monoisotopic (exact) mass is 466 g/mol. The van der Waals surface area contributed by atoms with Gasteiger partial charge in [0.2, 0.25) is 10.0 Å². The van der Waals surface area contributed by atoms with E-state index in [1.807, 2.05) is 0 Å². The highest BCUT2D eigenvalue weighted by atomic mass is 32.2. The van der Waals surface area contributed by atoms with Crippen LogP contribution in [0.1, 0.15) is 31.0 Å². The molecule has 0 saturated carbocycles. The molecule has 0 aromatic carbocycles. The Morgan fingerprint density at radius 1 is 1.19 bits per heavy atom. The van der Waals surface area contributed by atoms with Crippen LogP contribution in [-0.2, 0) is 21.4 Å². The number of aliphatic hydroxyl groups excluding tert-OH is 2. The van der Waals surface area contributed by atoms with Crippen molar-refractivity contribution >= 4 is 15.8 Å². The van der Waals surface area contributed by atoms with Gasteiger partial charge in [0.25, 0.3) is 0 Å². The van der Waals surface area contributed by atoms with Gasteiger partial charge in [-0.1, -0.05) is 5.21 Å². The van der Waals surface area contributed by atoms with Crippen molar-refractivity contribution in [3.05, 3.63) is 30.2 Å². The summed E-state index contributed by atoms with van der Waals surface area (Å²) in [4.78, 5) is 6.65. The number of hydrogen-bond acceptors (Lipinski definition) is 9. The molecule has 0 amide bonds. The van der Waals surface area contributed by atoms with E-state index < -0.39 is 10.0 Å². The first-order valence-corrected chi connectivity index (χ1v) is 12.4. The topological polar surface area (TPSA) is 143 Å². The lowest BCUT2D eigenvalue weighted by molar-refractivity contribution is 0.179. The Morgan fingerprint density at radius 3 is 2.66 bits per heavy atom. The van der Waals surface area contributed by atoms with Crippen molar-refractivity contribution in [1.82, 2.24) is 24.7 Å². The predicted octanol–water partition coefficient (Wildman–Crippen LogP) is -0.0698. The summed E-state index contributed by atoms with van der Waals surface area (Å²) in [7, 11) is -3.72. The molecule has 11 nitrogen and oxygen atoms in total. The lowest BCUT2D eigenvalue weighted by Crippen LogP contribution is -2.35. The molecule has 176 valence electrons. The van der Waals surface area contributed by atoms with Crippen LogP contribution < -0.4 is 9.62 Å². The molecule has 32 heavy (non-hydrogen) atoms. The quantitative estimate of drug-likeness (QED) is 0.463. The largest absolute Gasteiger partial charge is 0.396 e. The van der Waals surface area contributed by atoms with Crippen LogP contribution >= 0.6 is 0 Å². The summed E-state index contributed by atoms with van der Waals surface area (Å²) in [5.74, 6) is 1.20. The first kappa shape index (κ1) is 23.1. The van der Waals surface area contributed by atoms with Gasteiger partial charge in [0.05, 0.1) is 32.1 Å². The van der Waals surface area contributed by atoms with Gasteiger partial charge >= 0.3 is 0 Å². The molecule has 4 heterocycles. The minimum Gasteiger partial charge on any atom is -0.396 e. The number of nitrogens with zero attached hydrogens (tertiary/aromatic N) is 5. The highest BCUT2D eigenvalue weighted by Gasteiger charge is 2.32. The number of anilines is 1. The van der Waals surface area contributed by atoms with Crippen molar-refractivity contribution in [3.8, 4) is 0 Å². The van der Waals surface area contributed by atoms with Crippen molar-refractivity contribution in [1.29, 1.82) is 0 Å². The maximum Gasteiger partial charge on any atom is 0.242 e. The second kappa shape index (κ2) is 10.2. The van der Waals surface area contributed by atoms with Crippen molar-refractivity contribution < 1.29 is 23.4 Å². The molecular formula is C20H30N6O5S. The van der Waals surface area contributed by atoms with Crippen LogP contribution in [0, 0.1) is 11.8 Å².